The number of carbonyl (C=O) groups is 2. The molecule has 1 amide bonds. The van der Waals surface area contributed by atoms with E-state index < -0.39 is 5.97 Å². The number of benzene rings is 1. The van der Waals surface area contributed by atoms with Crippen LogP contribution >= 0.6 is 0 Å². The number of hydrogen-bond donors (Lipinski definition) is 3. The summed E-state index contributed by atoms with van der Waals surface area (Å²) in [5, 5.41) is 14.9. The van der Waals surface area contributed by atoms with Gasteiger partial charge in [-0.15, -0.1) is 0 Å². The molecule has 1 atom stereocenters. The van der Waals surface area contributed by atoms with Crippen molar-refractivity contribution in [3.05, 3.63) is 17.7 Å². The highest BCUT2D eigenvalue weighted by atomic mass is 16.5. The number of carboxylic acids is 1. The molecule has 3 N–H and O–H groups in total. The zero-order valence-electron chi connectivity index (χ0n) is 16.9. The van der Waals surface area contributed by atoms with Crippen LogP contribution in [0.25, 0.3) is 0 Å². The fourth-order valence-electron chi connectivity index (χ4n) is 3.54. The van der Waals surface area contributed by atoms with Crippen LogP contribution in [0.2, 0.25) is 0 Å². The molecular weight excluding hydrogens is 362 g/mol. The van der Waals surface area contributed by atoms with Gasteiger partial charge in [0.2, 0.25) is 0 Å². The molecule has 152 valence electrons. The van der Waals surface area contributed by atoms with E-state index in [1.165, 1.54) is 5.56 Å². The predicted octanol–water partition coefficient (Wildman–Crippen LogP) is 0.915. The van der Waals surface area contributed by atoms with Crippen LogP contribution in [0.4, 0.5) is 11.4 Å². The van der Waals surface area contributed by atoms with E-state index in [2.05, 4.69) is 53.8 Å². The molecule has 0 spiro atoms. The van der Waals surface area contributed by atoms with Crippen molar-refractivity contribution in [3.8, 4) is 5.75 Å². The minimum atomic E-state index is -0.833. The van der Waals surface area contributed by atoms with Gasteiger partial charge in [-0.2, -0.15) is 5.10 Å². The Kier molecular flexibility index (Phi) is 5.20. The first-order chi connectivity index (χ1) is 13.1. The van der Waals surface area contributed by atoms with Crippen LogP contribution in [0, 0.1) is 6.92 Å². The minimum Gasteiger partial charge on any atom is -0.483 e. The van der Waals surface area contributed by atoms with Gasteiger partial charge in [-0.3, -0.25) is 9.59 Å². The van der Waals surface area contributed by atoms with E-state index in [1.807, 2.05) is 11.8 Å². The summed E-state index contributed by atoms with van der Waals surface area (Å²) in [4.78, 5) is 25.3. The highest BCUT2D eigenvalue weighted by molar-refractivity contribution is 6.09. The maximum atomic E-state index is 12.0. The molecule has 0 aliphatic carbocycles. The maximum absolute atomic E-state index is 12.0. The van der Waals surface area contributed by atoms with Crippen LogP contribution in [0.1, 0.15) is 26.3 Å². The zero-order valence-corrected chi connectivity index (χ0v) is 16.9. The third kappa shape index (κ3) is 3.49. The molecule has 3 heterocycles. The molecule has 4 rings (SSSR count). The fraction of sp³-hybridized carbons (Fsp3) is 0.526. The lowest BCUT2D eigenvalue weighted by molar-refractivity contribution is -0.134. The Labute approximate surface area is 164 Å². The molecule has 28 heavy (non-hydrogen) atoms. The van der Waals surface area contributed by atoms with Gasteiger partial charge in [0, 0.05) is 32.7 Å². The molecule has 0 radical (unpaired) electrons. The number of carboxylic acid groups (broad SMARTS) is 1. The average Bonchev–Trinajstić information content (AvgIpc) is 2.60. The molecular formula is C19H27N5O4. The summed E-state index contributed by atoms with van der Waals surface area (Å²) in [6, 6.07) is 3.88. The maximum Gasteiger partial charge on any atom is 0.300 e. The van der Waals surface area contributed by atoms with E-state index >= 15 is 0 Å². The Hall–Kier alpha value is -2.81. The number of rotatable bonds is 2. The number of aryl methyl sites for hydroxylation is 1. The largest absolute Gasteiger partial charge is 0.483 e. The first-order valence-electron chi connectivity index (χ1n) is 9.21. The Balaban J connectivity index is 0.000000516. The van der Waals surface area contributed by atoms with Gasteiger partial charge in [0.15, 0.2) is 5.84 Å². The van der Waals surface area contributed by atoms with Gasteiger partial charge in [-0.05, 0) is 38.5 Å². The van der Waals surface area contributed by atoms with Crippen LogP contribution in [-0.4, -0.2) is 61.1 Å². The van der Waals surface area contributed by atoms with Crippen molar-refractivity contribution < 1.29 is 19.4 Å². The van der Waals surface area contributed by atoms with Gasteiger partial charge in [-0.1, -0.05) is 0 Å². The molecule has 9 heteroatoms. The zero-order chi connectivity index (χ0) is 20.6. The number of fused-ring (bicyclic) bond motifs is 3. The predicted molar refractivity (Wildman–Crippen MR) is 107 cm³/mol. The molecule has 0 aromatic heterocycles. The summed E-state index contributed by atoms with van der Waals surface area (Å²) in [6.45, 7) is 9.62. The number of hydrazone groups is 1. The first-order valence-corrected chi connectivity index (χ1v) is 9.21. The monoisotopic (exact) mass is 389 g/mol. The molecule has 9 nitrogen and oxygen atoms in total. The summed E-state index contributed by atoms with van der Waals surface area (Å²) in [7, 11) is 2.13. The number of likely N-dealkylation sites (N-methyl/N-ethyl adjacent to an activating group) is 1. The number of amidine groups is 1. The standard InChI is InChI=1S/C17H23N5O2.C2H4O2/c1-10-5-14-13(6-12(10)21(4)17(3)8-18-9-17)22-11(2)16(23)20-19-15(22)7-24-14;1-2(3)4/h5-6,11,18H,7-9H2,1-4H3,(H,20,23);1H3,(H,3,4)/t11-;/m1./s1. The van der Waals surface area contributed by atoms with Crippen molar-refractivity contribution in [1.29, 1.82) is 0 Å². The third-order valence-corrected chi connectivity index (χ3v) is 5.42. The SMILES string of the molecule is CC(=O)O.Cc1cc2c(cc1N(C)C1(C)CNC1)N1C(=NNC(=O)[C@H]1C)CO2. The van der Waals surface area contributed by atoms with Crippen molar-refractivity contribution >= 4 is 29.1 Å². The lowest BCUT2D eigenvalue weighted by Crippen LogP contribution is -2.66. The van der Waals surface area contributed by atoms with E-state index in [4.69, 9.17) is 14.6 Å². The number of nitrogens with zero attached hydrogens (tertiary/aromatic N) is 3. The second-order valence-corrected chi connectivity index (χ2v) is 7.62. The van der Waals surface area contributed by atoms with E-state index in [1.54, 1.807) is 0 Å². The Morgan fingerprint density at radius 1 is 1.43 bits per heavy atom. The van der Waals surface area contributed by atoms with Gasteiger partial charge in [0.05, 0.1) is 11.2 Å². The number of hydrogen-bond acceptors (Lipinski definition) is 7. The fourth-order valence-corrected chi connectivity index (χ4v) is 3.54. The van der Waals surface area contributed by atoms with Crippen LogP contribution in [0.5, 0.6) is 5.75 Å². The summed E-state index contributed by atoms with van der Waals surface area (Å²) in [6.07, 6.45) is 0. The molecule has 0 saturated carbocycles. The number of amides is 1. The first kappa shape index (κ1) is 19.9. The van der Waals surface area contributed by atoms with Crippen LogP contribution in [0.15, 0.2) is 17.2 Å². The Morgan fingerprint density at radius 2 is 2.07 bits per heavy atom. The van der Waals surface area contributed by atoms with Crippen LogP contribution in [-0.2, 0) is 9.59 Å². The van der Waals surface area contributed by atoms with Crippen molar-refractivity contribution in [2.24, 2.45) is 5.10 Å². The van der Waals surface area contributed by atoms with Gasteiger partial charge in [0.25, 0.3) is 11.9 Å². The van der Waals surface area contributed by atoms with Gasteiger partial charge >= 0.3 is 0 Å². The van der Waals surface area contributed by atoms with Gasteiger partial charge in [-0.25, -0.2) is 5.43 Å². The Morgan fingerprint density at radius 3 is 2.64 bits per heavy atom. The Bertz CT molecular complexity index is 830. The highest BCUT2D eigenvalue weighted by Gasteiger charge is 2.39. The number of aliphatic carboxylic acids is 1. The molecule has 0 unspecified atom stereocenters. The third-order valence-electron chi connectivity index (χ3n) is 5.42. The van der Waals surface area contributed by atoms with Crippen molar-refractivity contribution in [2.45, 2.75) is 39.3 Å². The van der Waals surface area contributed by atoms with E-state index in [9.17, 15) is 4.79 Å². The minimum absolute atomic E-state index is 0.0998. The summed E-state index contributed by atoms with van der Waals surface area (Å²) in [5.74, 6) is 0.614. The lowest BCUT2D eigenvalue weighted by atomic mass is 9.92. The van der Waals surface area contributed by atoms with Crippen molar-refractivity contribution in [1.82, 2.24) is 10.7 Å². The molecule has 1 saturated heterocycles. The average molecular weight is 389 g/mol. The van der Waals surface area contributed by atoms with E-state index in [0.717, 1.165) is 43.0 Å². The van der Waals surface area contributed by atoms with Crippen LogP contribution in [0.3, 0.4) is 0 Å². The summed E-state index contributed by atoms with van der Waals surface area (Å²) >= 11 is 0. The molecule has 3 aliphatic rings. The van der Waals surface area contributed by atoms with Gasteiger partial charge in [0.1, 0.15) is 18.4 Å². The summed E-state index contributed by atoms with van der Waals surface area (Å²) < 4.78 is 5.86. The summed E-state index contributed by atoms with van der Waals surface area (Å²) in [5.41, 5.74) is 5.90. The number of anilines is 2. The molecule has 0 bridgehead atoms. The second kappa shape index (κ2) is 7.31. The van der Waals surface area contributed by atoms with E-state index in [0.29, 0.717) is 6.61 Å². The number of carbonyl (C=O) groups excluding carboxylic acids is 1. The molecule has 1 aromatic carbocycles. The second-order valence-electron chi connectivity index (χ2n) is 7.62. The van der Waals surface area contributed by atoms with E-state index in [-0.39, 0.29) is 17.5 Å². The lowest BCUT2D eigenvalue weighted by Gasteiger charge is -2.48. The van der Waals surface area contributed by atoms with Gasteiger partial charge < -0.3 is 25.0 Å². The molecule has 1 fully saturated rings. The number of ether oxygens (including phenoxy) is 1. The van der Waals surface area contributed by atoms with Crippen molar-refractivity contribution in [3.63, 3.8) is 0 Å². The highest BCUT2D eigenvalue weighted by Crippen LogP contribution is 2.41. The number of nitrogens with one attached hydrogen (secondary N) is 2. The molecule has 3 aliphatic heterocycles. The smallest absolute Gasteiger partial charge is 0.300 e. The quantitative estimate of drug-likeness (QED) is 0.690. The molecule has 1 aromatic rings. The van der Waals surface area contributed by atoms with Crippen LogP contribution < -0.4 is 25.3 Å². The normalized spacial score (nSPS) is 21.5. The topological polar surface area (TPSA) is 107 Å². The van der Waals surface area contributed by atoms with Crippen molar-refractivity contribution in [2.75, 3.05) is 36.5 Å².